The van der Waals surface area contributed by atoms with Gasteiger partial charge in [0.2, 0.25) is 0 Å². The summed E-state index contributed by atoms with van der Waals surface area (Å²) in [7, 11) is 1.28. The molecular formula is C25H24BrNO7S. The number of hydrogen-bond donors (Lipinski definition) is 1. The van der Waals surface area contributed by atoms with E-state index >= 15 is 0 Å². The number of para-hydroxylation sites is 1. The van der Waals surface area contributed by atoms with Crippen molar-refractivity contribution in [1.29, 1.82) is 0 Å². The Morgan fingerprint density at radius 3 is 2.51 bits per heavy atom. The molecule has 0 unspecified atom stereocenters. The van der Waals surface area contributed by atoms with Crippen molar-refractivity contribution in [1.82, 2.24) is 0 Å². The number of rotatable bonds is 9. The van der Waals surface area contributed by atoms with Crippen molar-refractivity contribution in [3.05, 3.63) is 68.7 Å². The summed E-state index contributed by atoms with van der Waals surface area (Å²) in [5.74, 6) is -0.661. The van der Waals surface area contributed by atoms with Crippen LogP contribution in [0.15, 0.2) is 68.2 Å². The minimum absolute atomic E-state index is 0.00841. The van der Waals surface area contributed by atoms with E-state index in [1.54, 1.807) is 37.3 Å². The lowest BCUT2D eigenvalue weighted by Crippen LogP contribution is -2.13. The summed E-state index contributed by atoms with van der Waals surface area (Å²) in [6.07, 6.45) is 1.70. The largest absolute Gasteiger partial charge is 0.506 e. The normalized spacial score (nSPS) is 15.4. The number of carbonyl (C=O) groups is 2. The first-order valence-electron chi connectivity index (χ1n) is 10.7. The summed E-state index contributed by atoms with van der Waals surface area (Å²) in [5.41, 5.74) is 1.30. The molecule has 0 fully saturated rings. The van der Waals surface area contributed by atoms with Gasteiger partial charge in [-0.05, 0) is 65.7 Å². The molecule has 0 spiro atoms. The third-order valence-corrected chi connectivity index (χ3v) is 6.16. The third kappa shape index (κ3) is 6.67. The molecule has 0 saturated heterocycles. The number of aliphatic hydroxyl groups is 1. The molecule has 0 bridgehead atoms. The SMILES string of the molecule is CCOC(=O)C1=C(O)/C(=C/c2cc(Br)c(OCC(=O)OC)c(OCC)c2)SC1=Nc1ccccc1. The van der Waals surface area contributed by atoms with Crippen molar-refractivity contribution >= 4 is 56.4 Å². The van der Waals surface area contributed by atoms with Gasteiger partial charge >= 0.3 is 11.9 Å². The molecule has 184 valence electrons. The molecule has 0 aromatic heterocycles. The van der Waals surface area contributed by atoms with Crippen LogP contribution in [0.2, 0.25) is 0 Å². The molecule has 0 amide bonds. The summed E-state index contributed by atoms with van der Waals surface area (Å²) in [6.45, 7) is 3.76. The van der Waals surface area contributed by atoms with Gasteiger partial charge in [0.15, 0.2) is 18.1 Å². The minimum atomic E-state index is -0.654. The molecule has 3 rings (SSSR count). The van der Waals surface area contributed by atoms with Crippen molar-refractivity contribution in [3.8, 4) is 11.5 Å². The van der Waals surface area contributed by atoms with Crippen LogP contribution in [0.3, 0.4) is 0 Å². The smallest absolute Gasteiger partial charge is 0.344 e. The van der Waals surface area contributed by atoms with Gasteiger partial charge in [-0.25, -0.2) is 14.6 Å². The minimum Gasteiger partial charge on any atom is -0.506 e. The van der Waals surface area contributed by atoms with Gasteiger partial charge in [0.1, 0.15) is 16.4 Å². The van der Waals surface area contributed by atoms with E-state index in [9.17, 15) is 14.7 Å². The number of benzene rings is 2. The van der Waals surface area contributed by atoms with Gasteiger partial charge < -0.3 is 24.1 Å². The first kappa shape index (κ1) is 26.4. The number of ether oxygens (including phenoxy) is 4. The van der Waals surface area contributed by atoms with Crippen LogP contribution in [0.5, 0.6) is 11.5 Å². The average molecular weight is 562 g/mol. The molecule has 1 aliphatic rings. The van der Waals surface area contributed by atoms with E-state index in [1.165, 1.54) is 7.11 Å². The van der Waals surface area contributed by atoms with Crippen LogP contribution < -0.4 is 9.47 Å². The van der Waals surface area contributed by atoms with Gasteiger partial charge in [0.05, 0.1) is 35.4 Å². The van der Waals surface area contributed by atoms with Crippen molar-refractivity contribution < 1.29 is 33.6 Å². The summed E-state index contributed by atoms with van der Waals surface area (Å²) >= 11 is 4.61. The molecule has 1 N–H and O–H groups in total. The molecule has 0 aliphatic carbocycles. The molecule has 2 aromatic carbocycles. The molecule has 2 aromatic rings. The molecule has 10 heteroatoms. The van der Waals surface area contributed by atoms with Crippen LogP contribution in [-0.2, 0) is 19.1 Å². The Morgan fingerprint density at radius 2 is 1.86 bits per heavy atom. The first-order valence-corrected chi connectivity index (χ1v) is 12.3. The fraction of sp³-hybridized carbons (Fsp3) is 0.240. The monoisotopic (exact) mass is 561 g/mol. The van der Waals surface area contributed by atoms with Crippen LogP contribution >= 0.6 is 27.7 Å². The van der Waals surface area contributed by atoms with E-state index < -0.39 is 11.9 Å². The van der Waals surface area contributed by atoms with Crippen LogP contribution in [0.25, 0.3) is 6.08 Å². The number of aliphatic imine (C=N–C) groups is 1. The second kappa shape index (κ2) is 12.5. The quantitative estimate of drug-likeness (QED) is 0.395. The Kier molecular flexibility index (Phi) is 9.39. The number of carbonyl (C=O) groups excluding carboxylic acids is 2. The Labute approximate surface area is 215 Å². The van der Waals surface area contributed by atoms with Gasteiger partial charge in [-0.1, -0.05) is 30.0 Å². The number of halogens is 1. The van der Waals surface area contributed by atoms with Crippen LogP contribution in [0.1, 0.15) is 19.4 Å². The number of thioether (sulfide) groups is 1. The van der Waals surface area contributed by atoms with E-state index in [-0.39, 0.29) is 24.5 Å². The van der Waals surface area contributed by atoms with Gasteiger partial charge in [0.25, 0.3) is 0 Å². The van der Waals surface area contributed by atoms with E-state index in [2.05, 4.69) is 25.7 Å². The van der Waals surface area contributed by atoms with Crippen molar-refractivity contribution in [2.24, 2.45) is 4.99 Å². The van der Waals surface area contributed by atoms with Gasteiger partial charge in [-0.2, -0.15) is 0 Å². The standard InChI is InChI=1S/C25H24BrNO7S/c1-4-32-18-12-15(11-17(26)23(18)34-14-20(28)31-3)13-19-22(29)21(25(30)33-5-2)24(35-19)27-16-9-7-6-8-10-16/h6-13,29H,4-5,14H2,1-3H3/b19-13-,27-24?. The highest BCUT2D eigenvalue weighted by Gasteiger charge is 2.33. The summed E-state index contributed by atoms with van der Waals surface area (Å²) in [5, 5.41) is 11.2. The molecule has 35 heavy (non-hydrogen) atoms. The van der Waals surface area contributed by atoms with E-state index in [4.69, 9.17) is 14.2 Å². The molecule has 0 saturated carbocycles. The van der Waals surface area contributed by atoms with Crippen LogP contribution in [0.4, 0.5) is 5.69 Å². The van der Waals surface area contributed by atoms with E-state index in [0.29, 0.717) is 43.8 Å². The molecule has 1 heterocycles. The average Bonchev–Trinajstić information content (AvgIpc) is 3.13. The Balaban J connectivity index is 2.01. The second-order valence-corrected chi connectivity index (χ2v) is 8.82. The topological polar surface area (TPSA) is 104 Å². The van der Waals surface area contributed by atoms with Crippen LogP contribution in [-0.4, -0.2) is 49.0 Å². The molecule has 1 aliphatic heterocycles. The molecule has 0 atom stereocenters. The molecular weight excluding hydrogens is 538 g/mol. The Hall–Kier alpha value is -3.24. The number of aliphatic hydroxyl groups excluding tert-OH is 1. The highest BCUT2D eigenvalue weighted by Crippen LogP contribution is 2.42. The van der Waals surface area contributed by atoms with Crippen molar-refractivity contribution in [2.75, 3.05) is 26.9 Å². The summed E-state index contributed by atoms with van der Waals surface area (Å²) in [6, 6.07) is 12.6. The Morgan fingerprint density at radius 1 is 1.11 bits per heavy atom. The maximum Gasteiger partial charge on any atom is 0.344 e. The second-order valence-electron chi connectivity index (χ2n) is 6.94. The number of methoxy groups -OCH3 is 1. The lowest BCUT2D eigenvalue weighted by molar-refractivity contribution is -0.143. The zero-order chi connectivity index (χ0) is 25.4. The van der Waals surface area contributed by atoms with Crippen LogP contribution in [0, 0.1) is 0 Å². The van der Waals surface area contributed by atoms with Crippen molar-refractivity contribution in [3.63, 3.8) is 0 Å². The molecule has 0 radical (unpaired) electrons. The fourth-order valence-electron chi connectivity index (χ4n) is 3.03. The van der Waals surface area contributed by atoms with Crippen molar-refractivity contribution in [2.45, 2.75) is 13.8 Å². The predicted molar refractivity (Wildman–Crippen MR) is 138 cm³/mol. The highest BCUT2D eigenvalue weighted by molar-refractivity contribution is 9.10. The fourth-order valence-corrected chi connectivity index (χ4v) is 4.64. The predicted octanol–water partition coefficient (Wildman–Crippen LogP) is 5.59. The van der Waals surface area contributed by atoms with Gasteiger partial charge in [-0.3, -0.25) is 0 Å². The number of esters is 2. The summed E-state index contributed by atoms with van der Waals surface area (Å²) < 4.78 is 21.6. The maximum absolute atomic E-state index is 12.6. The van der Waals surface area contributed by atoms with E-state index in [1.807, 2.05) is 25.1 Å². The maximum atomic E-state index is 12.6. The van der Waals surface area contributed by atoms with Gasteiger partial charge in [-0.15, -0.1) is 0 Å². The van der Waals surface area contributed by atoms with Gasteiger partial charge in [0, 0.05) is 0 Å². The molecule has 8 nitrogen and oxygen atoms in total. The zero-order valence-corrected chi connectivity index (χ0v) is 21.8. The third-order valence-electron chi connectivity index (χ3n) is 4.55. The summed E-state index contributed by atoms with van der Waals surface area (Å²) in [4.78, 5) is 29.0. The lowest BCUT2D eigenvalue weighted by atomic mass is 10.1. The zero-order valence-electron chi connectivity index (χ0n) is 19.4. The van der Waals surface area contributed by atoms with E-state index in [0.717, 1.165) is 11.8 Å². The lowest BCUT2D eigenvalue weighted by Gasteiger charge is -2.14. The first-order chi connectivity index (χ1) is 16.9. The number of hydrogen-bond acceptors (Lipinski definition) is 9. The highest BCUT2D eigenvalue weighted by atomic mass is 79.9. The Bertz CT molecular complexity index is 1190. The number of nitrogens with zero attached hydrogens (tertiary/aromatic N) is 1.